The van der Waals surface area contributed by atoms with Crippen molar-refractivity contribution in [1.82, 2.24) is 0 Å². The Labute approximate surface area is 186 Å². The van der Waals surface area contributed by atoms with Crippen LogP contribution in [0.3, 0.4) is 0 Å². The Hall–Kier alpha value is -1.18. The summed E-state index contributed by atoms with van der Waals surface area (Å²) in [5.41, 5.74) is 3.30. The molecule has 1 aromatic rings. The van der Waals surface area contributed by atoms with Crippen LogP contribution in [0.5, 0.6) is 11.5 Å². The lowest BCUT2D eigenvalue weighted by Crippen LogP contribution is -2.31. The molecule has 1 N–H and O–H groups in total. The first-order chi connectivity index (χ1) is 14.2. The van der Waals surface area contributed by atoms with Gasteiger partial charge in [-0.2, -0.15) is 0 Å². The first kappa shape index (κ1) is 25.1. The molecular weight excluding hydrogens is 368 g/mol. The van der Waals surface area contributed by atoms with Crippen LogP contribution in [0.25, 0.3) is 0 Å². The van der Waals surface area contributed by atoms with Gasteiger partial charge in [0.2, 0.25) is 0 Å². The number of fused-ring (bicyclic) bond motifs is 1. The number of aromatic hydroxyl groups is 1. The van der Waals surface area contributed by atoms with Crippen molar-refractivity contribution in [2.24, 2.45) is 23.7 Å². The fourth-order valence-electron chi connectivity index (χ4n) is 5.11. The van der Waals surface area contributed by atoms with Crippen molar-refractivity contribution in [3.8, 4) is 11.5 Å². The van der Waals surface area contributed by atoms with E-state index in [1.54, 1.807) is 0 Å². The van der Waals surface area contributed by atoms with Gasteiger partial charge >= 0.3 is 0 Å². The summed E-state index contributed by atoms with van der Waals surface area (Å²) in [6, 6.07) is 1.84. The summed E-state index contributed by atoms with van der Waals surface area (Å²) in [6.07, 6.45) is 13.5. The molecule has 2 heteroatoms. The molecule has 4 unspecified atom stereocenters. The number of benzene rings is 1. The largest absolute Gasteiger partial charge is 0.508 e. The van der Waals surface area contributed by atoms with Crippen LogP contribution >= 0.6 is 0 Å². The highest BCUT2D eigenvalue weighted by atomic mass is 16.5. The highest BCUT2D eigenvalue weighted by Crippen LogP contribution is 2.41. The molecule has 0 fully saturated rings. The second-order valence-electron chi connectivity index (χ2n) is 10.8. The van der Waals surface area contributed by atoms with Crippen LogP contribution in [0.4, 0.5) is 0 Å². The molecule has 30 heavy (non-hydrogen) atoms. The minimum atomic E-state index is 0.266. The topological polar surface area (TPSA) is 29.5 Å². The fraction of sp³-hybridized carbons (Fsp3) is 0.786. The zero-order chi connectivity index (χ0) is 22.3. The van der Waals surface area contributed by atoms with E-state index in [1.807, 2.05) is 19.9 Å². The Morgan fingerprint density at radius 2 is 1.50 bits per heavy atom. The van der Waals surface area contributed by atoms with Crippen molar-refractivity contribution in [2.75, 3.05) is 0 Å². The molecular formula is C28H48O2. The van der Waals surface area contributed by atoms with Crippen LogP contribution in [-0.4, -0.2) is 11.2 Å². The number of ether oxygens (including phenoxy) is 1. The van der Waals surface area contributed by atoms with Gasteiger partial charge in [-0.25, -0.2) is 0 Å². The predicted octanol–water partition coefficient (Wildman–Crippen LogP) is 8.39. The predicted molar refractivity (Wildman–Crippen MR) is 130 cm³/mol. The van der Waals surface area contributed by atoms with Crippen molar-refractivity contribution in [1.29, 1.82) is 0 Å². The van der Waals surface area contributed by atoms with E-state index in [9.17, 15) is 5.11 Å². The Morgan fingerprint density at radius 1 is 0.933 bits per heavy atom. The van der Waals surface area contributed by atoms with Crippen LogP contribution < -0.4 is 4.74 Å². The monoisotopic (exact) mass is 416 g/mol. The van der Waals surface area contributed by atoms with Gasteiger partial charge in [0, 0.05) is 5.56 Å². The normalized spacial score (nSPS) is 20.7. The average molecular weight is 417 g/mol. The van der Waals surface area contributed by atoms with Crippen LogP contribution in [-0.2, 0) is 6.42 Å². The maximum Gasteiger partial charge on any atom is 0.126 e. The second kappa shape index (κ2) is 12.0. The number of phenolic OH excluding ortho intramolecular Hbond substituents is 1. The van der Waals surface area contributed by atoms with E-state index in [0.717, 1.165) is 41.1 Å². The second-order valence-corrected chi connectivity index (χ2v) is 10.8. The Kier molecular flexibility index (Phi) is 10.0. The molecule has 0 aromatic heterocycles. The Bertz CT molecular complexity index is 649. The third-order valence-corrected chi connectivity index (χ3v) is 7.40. The summed E-state index contributed by atoms with van der Waals surface area (Å²) in [5.74, 6) is 4.56. The van der Waals surface area contributed by atoms with Gasteiger partial charge in [-0.3, -0.25) is 0 Å². The van der Waals surface area contributed by atoms with E-state index < -0.39 is 0 Å². The highest BCUT2D eigenvalue weighted by Gasteiger charge is 2.29. The number of phenols is 1. The van der Waals surface area contributed by atoms with E-state index in [4.69, 9.17) is 4.74 Å². The Morgan fingerprint density at radius 3 is 2.10 bits per heavy atom. The van der Waals surface area contributed by atoms with Crippen molar-refractivity contribution >= 4 is 0 Å². The fourth-order valence-corrected chi connectivity index (χ4v) is 5.11. The first-order valence-electron chi connectivity index (χ1n) is 12.7. The average Bonchev–Trinajstić information content (AvgIpc) is 2.67. The third kappa shape index (κ3) is 7.50. The third-order valence-electron chi connectivity index (χ3n) is 7.40. The molecule has 0 bridgehead atoms. The molecule has 1 aliphatic rings. The number of rotatable bonds is 12. The smallest absolute Gasteiger partial charge is 0.126 e. The molecule has 0 radical (unpaired) electrons. The van der Waals surface area contributed by atoms with Gasteiger partial charge in [-0.1, -0.05) is 79.1 Å². The van der Waals surface area contributed by atoms with E-state index in [-0.39, 0.29) is 6.10 Å². The molecule has 2 nitrogen and oxygen atoms in total. The molecule has 0 spiro atoms. The maximum atomic E-state index is 10.2. The minimum Gasteiger partial charge on any atom is -0.508 e. The molecule has 1 aromatic carbocycles. The van der Waals surface area contributed by atoms with Gasteiger partial charge in [-0.05, 0) is 74.5 Å². The zero-order valence-corrected chi connectivity index (χ0v) is 20.9. The van der Waals surface area contributed by atoms with Crippen molar-refractivity contribution in [3.63, 3.8) is 0 Å². The van der Waals surface area contributed by atoms with Crippen molar-refractivity contribution in [2.45, 2.75) is 119 Å². The molecule has 0 saturated heterocycles. The van der Waals surface area contributed by atoms with E-state index >= 15 is 0 Å². The molecule has 2 rings (SSSR count). The Balaban J connectivity index is 1.69. The summed E-state index contributed by atoms with van der Waals surface area (Å²) in [4.78, 5) is 0. The van der Waals surface area contributed by atoms with Crippen LogP contribution in [0.2, 0.25) is 0 Å². The van der Waals surface area contributed by atoms with Gasteiger partial charge in [-0.15, -0.1) is 0 Å². The lowest BCUT2D eigenvalue weighted by molar-refractivity contribution is 0.119. The number of hydrogen-bond acceptors (Lipinski definition) is 2. The van der Waals surface area contributed by atoms with Gasteiger partial charge in [0.25, 0.3) is 0 Å². The lowest BCUT2D eigenvalue weighted by atomic mass is 9.83. The van der Waals surface area contributed by atoms with Crippen LogP contribution in [0.15, 0.2) is 6.07 Å². The van der Waals surface area contributed by atoms with Gasteiger partial charge in [0.05, 0.1) is 6.10 Å². The lowest BCUT2D eigenvalue weighted by Gasteiger charge is -2.34. The van der Waals surface area contributed by atoms with Crippen molar-refractivity contribution in [3.05, 3.63) is 22.8 Å². The number of aryl methyl sites for hydroxylation is 1. The van der Waals surface area contributed by atoms with Gasteiger partial charge in [0.15, 0.2) is 0 Å². The maximum absolute atomic E-state index is 10.2. The molecule has 1 aliphatic heterocycles. The minimum absolute atomic E-state index is 0.266. The zero-order valence-electron chi connectivity index (χ0n) is 20.9. The van der Waals surface area contributed by atoms with E-state index in [1.165, 1.54) is 63.4 Å². The van der Waals surface area contributed by atoms with Crippen LogP contribution in [0.1, 0.15) is 109 Å². The molecule has 4 atom stereocenters. The summed E-state index contributed by atoms with van der Waals surface area (Å²) < 4.78 is 6.30. The van der Waals surface area contributed by atoms with E-state index in [0.29, 0.717) is 11.7 Å². The summed E-state index contributed by atoms with van der Waals surface area (Å²) >= 11 is 0. The number of hydrogen-bond donors (Lipinski definition) is 1. The van der Waals surface area contributed by atoms with Gasteiger partial charge in [0.1, 0.15) is 11.5 Å². The molecule has 172 valence electrons. The summed E-state index contributed by atoms with van der Waals surface area (Å²) in [5, 5.41) is 10.2. The molecule has 0 saturated carbocycles. The van der Waals surface area contributed by atoms with Gasteiger partial charge < -0.3 is 9.84 Å². The quantitative estimate of drug-likeness (QED) is 0.370. The first-order valence-corrected chi connectivity index (χ1v) is 12.7. The summed E-state index contributed by atoms with van der Waals surface area (Å²) in [7, 11) is 0. The molecule has 0 aliphatic carbocycles. The van der Waals surface area contributed by atoms with Crippen molar-refractivity contribution < 1.29 is 9.84 Å². The van der Waals surface area contributed by atoms with Crippen LogP contribution in [0, 0.1) is 37.5 Å². The SMILES string of the molecule is Cc1cc(O)c(C)c2c1OC(C)C(CCCC(C)CCCC(C)CCCC(C)C)C2. The molecule has 0 amide bonds. The van der Waals surface area contributed by atoms with E-state index in [2.05, 4.69) is 34.6 Å². The summed E-state index contributed by atoms with van der Waals surface area (Å²) in [6.45, 7) is 15.8. The molecule has 1 heterocycles. The standard InChI is InChI=1S/C28H48O2/c1-19(2)11-8-12-20(3)13-9-14-21(4)15-10-16-25-18-26-23(6)27(29)17-22(5)28(26)30-24(25)7/h17,19-21,24-25,29H,8-16,18H2,1-7H3. The highest BCUT2D eigenvalue weighted by molar-refractivity contribution is 5.53.